The largest absolute Gasteiger partial charge is 0.335 e. The van der Waals surface area contributed by atoms with Gasteiger partial charge >= 0.3 is 6.03 Å². The molecule has 166 valence electrons. The van der Waals surface area contributed by atoms with Crippen LogP contribution in [0.1, 0.15) is 27.8 Å². The Hall–Kier alpha value is -3.58. The van der Waals surface area contributed by atoms with E-state index in [0.29, 0.717) is 17.7 Å². The van der Waals surface area contributed by atoms with E-state index in [9.17, 15) is 18.8 Å². The Bertz CT molecular complexity index is 1330. The summed E-state index contributed by atoms with van der Waals surface area (Å²) in [6.45, 7) is 3.66. The molecule has 0 aromatic heterocycles. The summed E-state index contributed by atoms with van der Waals surface area (Å²) in [6.07, 6.45) is 1.97. The lowest BCUT2D eigenvalue weighted by Crippen LogP contribution is -2.54. The SMILES string of the molecule is Cc1ccc(C)c(N2C(=O)NC(=O)/C(=C\c3ccc(Cc4cccc(F)c4)c(Br)c3)C2=O)c1. The molecule has 33 heavy (non-hydrogen) atoms. The molecule has 1 aliphatic heterocycles. The molecule has 1 heterocycles. The van der Waals surface area contributed by atoms with Crippen LogP contribution >= 0.6 is 15.9 Å². The van der Waals surface area contributed by atoms with Crippen molar-refractivity contribution in [2.24, 2.45) is 0 Å². The van der Waals surface area contributed by atoms with E-state index in [2.05, 4.69) is 21.2 Å². The normalized spacial score (nSPS) is 15.2. The van der Waals surface area contributed by atoms with Crippen LogP contribution in [0.4, 0.5) is 14.9 Å². The van der Waals surface area contributed by atoms with Crippen molar-refractivity contribution in [3.63, 3.8) is 0 Å². The van der Waals surface area contributed by atoms with Crippen molar-refractivity contribution < 1.29 is 18.8 Å². The van der Waals surface area contributed by atoms with Crippen molar-refractivity contribution in [2.45, 2.75) is 20.3 Å². The van der Waals surface area contributed by atoms with Gasteiger partial charge in [-0.25, -0.2) is 14.1 Å². The van der Waals surface area contributed by atoms with E-state index in [4.69, 9.17) is 0 Å². The minimum Gasteiger partial charge on any atom is -0.273 e. The molecule has 0 bridgehead atoms. The van der Waals surface area contributed by atoms with Gasteiger partial charge in [0.15, 0.2) is 0 Å². The molecule has 4 rings (SSSR count). The summed E-state index contributed by atoms with van der Waals surface area (Å²) in [5.41, 5.74) is 4.28. The highest BCUT2D eigenvalue weighted by atomic mass is 79.9. The van der Waals surface area contributed by atoms with Crippen LogP contribution in [-0.2, 0) is 16.0 Å². The molecule has 0 atom stereocenters. The van der Waals surface area contributed by atoms with Gasteiger partial charge in [-0.05, 0) is 78.4 Å². The van der Waals surface area contributed by atoms with E-state index in [1.807, 2.05) is 31.2 Å². The smallest absolute Gasteiger partial charge is 0.273 e. The number of halogens is 2. The predicted molar refractivity (Wildman–Crippen MR) is 128 cm³/mol. The Balaban J connectivity index is 1.65. The Morgan fingerprint density at radius 2 is 1.79 bits per heavy atom. The highest BCUT2D eigenvalue weighted by molar-refractivity contribution is 9.10. The molecule has 3 aromatic rings. The first kappa shape index (κ1) is 22.6. The maximum absolute atomic E-state index is 13.5. The lowest BCUT2D eigenvalue weighted by molar-refractivity contribution is -0.122. The van der Waals surface area contributed by atoms with Crippen LogP contribution in [0.3, 0.4) is 0 Å². The number of barbiturate groups is 1. The zero-order chi connectivity index (χ0) is 23.7. The van der Waals surface area contributed by atoms with E-state index in [1.54, 1.807) is 31.2 Å². The highest BCUT2D eigenvalue weighted by Crippen LogP contribution is 2.28. The topological polar surface area (TPSA) is 66.5 Å². The second-order valence-corrected chi connectivity index (χ2v) is 8.76. The fourth-order valence-corrected chi connectivity index (χ4v) is 4.20. The van der Waals surface area contributed by atoms with Gasteiger partial charge in [0.2, 0.25) is 0 Å². The summed E-state index contributed by atoms with van der Waals surface area (Å²) in [5.74, 6) is -1.72. The molecular formula is C26H20BrFN2O3. The third kappa shape index (κ3) is 4.78. The molecule has 0 aliphatic carbocycles. The fraction of sp³-hybridized carbons (Fsp3) is 0.115. The van der Waals surface area contributed by atoms with Crippen LogP contribution in [0.2, 0.25) is 0 Å². The van der Waals surface area contributed by atoms with Crippen molar-refractivity contribution in [3.8, 4) is 0 Å². The molecule has 3 aromatic carbocycles. The van der Waals surface area contributed by atoms with Crippen LogP contribution in [-0.4, -0.2) is 17.8 Å². The fourth-order valence-electron chi connectivity index (χ4n) is 3.67. The number of hydrogen-bond donors (Lipinski definition) is 1. The number of rotatable bonds is 4. The van der Waals surface area contributed by atoms with E-state index >= 15 is 0 Å². The summed E-state index contributed by atoms with van der Waals surface area (Å²) < 4.78 is 14.2. The number of nitrogens with zero attached hydrogens (tertiary/aromatic N) is 1. The van der Waals surface area contributed by atoms with Crippen molar-refractivity contribution in [3.05, 3.63) is 104 Å². The average Bonchev–Trinajstić information content (AvgIpc) is 2.75. The second-order valence-electron chi connectivity index (χ2n) is 7.91. The number of benzene rings is 3. The van der Waals surface area contributed by atoms with E-state index < -0.39 is 17.8 Å². The second kappa shape index (κ2) is 9.11. The first-order valence-electron chi connectivity index (χ1n) is 10.2. The predicted octanol–water partition coefficient (Wildman–Crippen LogP) is 5.46. The molecule has 1 saturated heterocycles. The van der Waals surface area contributed by atoms with Gasteiger partial charge in [-0.15, -0.1) is 0 Å². The number of imide groups is 2. The molecule has 7 heteroatoms. The van der Waals surface area contributed by atoms with Crippen LogP contribution in [0.25, 0.3) is 6.08 Å². The molecule has 1 N–H and O–H groups in total. The van der Waals surface area contributed by atoms with Crippen LogP contribution in [0.15, 0.2) is 70.7 Å². The summed E-state index contributed by atoms with van der Waals surface area (Å²) in [4.78, 5) is 39.1. The molecule has 0 radical (unpaired) electrons. The van der Waals surface area contributed by atoms with E-state index in [1.165, 1.54) is 18.2 Å². The number of carbonyl (C=O) groups excluding carboxylic acids is 3. The lowest BCUT2D eigenvalue weighted by atomic mass is 10.0. The highest BCUT2D eigenvalue weighted by Gasteiger charge is 2.37. The average molecular weight is 507 g/mol. The van der Waals surface area contributed by atoms with Crippen molar-refractivity contribution >= 4 is 45.5 Å². The molecule has 5 nitrogen and oxygen atoms in total. The first-order chi connectivity index (χ1) is 15.7. The minimum atomic E-state index is -0.775. The third-order valence-electron chi connectivity index (χ3n) is 5.38. The number of hydrogen-bond acceptors (Lipinski definition) is 3. The van der Waals surface area contributed by atoms with Crippen molar-refractivity contribution in [1.82, 2.24) is 5.32 Å². The molecule has 1 aliphatic rings. The minimum absolute atomic E-state index is 0.139. The summed E-state index contributed by atoms with van der Waals surface area (Å²) >= 11 is 3.52. The summed E-state index contributed by atoms with van der Waals surface area (Å²) in [6, 6.07) is 16.4. The molecule has 0 spiro atoms. The molecule has 0 unspecified atom stereocenters. The number of anilines is 1. The number of carbonyl (C=O) groups is 3. The number of amides is 4. The molecule has 0 saturated carbocycles. The maximum atomic E-state index is 13.5. The number of aryl methyl sites for hydroxylation is 2. The first-order valence-corrected chi connectivity index (χ1v) is 11.0. The lowest BCUT2D eigenvalue weighted by Gasteiger charge is -2.27. The zero-order valence-corrected chi connectivity index (χ0v) is 19.6. The third-order valence-corrected chi connectivity index (χ3v) is 6.12. The van der Waals surface area contributed by atoms with Crippen LogP contribution in [0, 0.1) is 19.7 Å². The van der Waals surface area contributed by atoms with Gasteiger partial charge in [-0.3, -0.25) is 14.9 Å². The van der Waals surface area contributed by atoms with Gasteiger partial charge in [-0.1, -0.05) is 52.3 Å². The molecule has 1 fully saturated rings. The monoisotopic (exact) mass is 506 g/mol. The van der Waals surface area contributed by atoms with Gasteiger partial charge < -0.3 is 0 Å². The number of nitrogens with one attached hydrogen (secondary N) is 1. The van der Waals surface area contributed by atoms with Crippen LogP contribution in [0.5, 0.6) is 0 Å². The van der Waals surface area contributed by atoms with Gasteiger partial charge in [0.05, 0.1) is 5.69 Å². The summed E-state index contributed by atoms with van der Waals surface area (Å²) in [5, 5.41) is 2.25. The van der Waals surface area contributed by atoms with Gasteiger partial charge in [0.1, 0.15) is 11.4 Å². The van der Waals surface area contributed by atoms with E-state index in [-0.39, 0.29) is 11.4 Å². The Kier molecular flexibility index (Phi) is 6.24. The quantitative estimate of drug-likeness (QED) is 0.377. The number of urea groups is 1. The Morgan fingerprint density at radius 3 is 2.52 bits per heavy atom. The molecule has 4 amide bonds. The summed E-state index contributed by atoms with van der Waals surface area (Å²) in [7, 11) is 0. The van der Waals surface area contributed by atoms with Crippen molar-refractivity contribution in [2.75, 3.05) is 4.90 Å². The van der Waals surface area contributed by atoms with Crippen molar-refractivity contribution in [1.29, 1.82) is 0 Å². The van der Waals surface area contributed by atoms with E-state index in [0.717, 1.165) is 31.6 Å². The molecular weight excluding hydrogens is 487 g/mol. The Labute approximate surface area is 199 Å². The van der Waals surface area contributed by atoms with Gasteiger partial charge in [0, 0.05) is 4.47 Å². The van der Waals surface area contributed by atoms with Crippen LogP contribution < -0.4 is 10.2 Å². The zero-order valence-electron chi connectivity index (χ0n) is 18.0. The van der Waals surface area contributed by atoms with Gasteiger partial charge in [-0.2, -0.15) is 0 Å². The Morgan fingerprint density at radius 1 is 1.00 bits per heavy atom. The standard InChI is InChI=1S/C26H20BrFN2O3/c1-15-6-7-16(2)23(10-15)30-25(32)21(24(31)29-26(30)33)13-18-8-9-19(22(27)14-18)11-17-4-3-5-20(28)12-17/h3-10,12-14H,11H2,1-2H3,(H,29,31,33)/b21-13+. The maximum Gasteiger partial charge on any atom is 0.335 e. The van der Waals surface area contributed by atoms with Gasteiger partial charge in [0.25, 0.3) is 11.8 Å².